The zero-order chi connectivity index (χ0) is 43.1. The Hall–Kier alpha value is -6.70. The van der Waals surface area contributed by atoms with Crippen LogP contribution in [0.15, 0.2) is 194 Å². The third kappa shape index (κ3) is 4.81. The first-order valence-corrected chi connectivity index (χ1v) is 25.1. The second kappa shape index (κ2) is 13.9. The summed E-state index contributed by atoms with van der Waals surface area (Å²) in [6.45, 7) is 0. The average Bonchev–Trinajstić information content (AvgIpc) is 3.66. The van der Waals surface area contributed by atoms with Crippen LogP contribution >= 0.6 is 0 Å². The van der Waals surface area contributed by atoms with Gasteiger partial charge in [-0.1, -0.05) is 183 Å². The second-order valence-corrected chi connectivity index (χ2v) is 20.9. The molecule has 0 aliphatic heterocycles. The van der Waals surface area contributed by atoms with Crippen LogP contribution in [0.4, 0.5) is 17.1 Å². The summed E-state index contributed by atoms with van der Waals surface area (Å²) in [6, 6.07) is 74.5. The number of benzene rings is 9. The van der Waals surface area contributed by atoms with Crippen LogP contribution in [-0.4, -0.2) is 0 Å². The summed E-state index contributed by atoms with van der Waals surface area (Å²) in [6.07, 6.45) is 10.9. The molecule has 318 valence electrons. The summed E-state index contributed by atoms with van der Waals surface area (Å²) in [5, 5.41) is 5.30. The molecule has 0 bridgehead atoms. The fraction of sp³-hybridized carbons (Fsp3) is 0.231. The number of fused-ring (bicyclic) bond motifs is 9. The fourth-order valence-electron chi connectivity index (χ4n) is 16.0. The van der Waals surface area contributed by atoms with Gasteiger partial charge in [-0.15, -0.1) is 0 Å². The Balaban J connectivity index is 0.925. The monoisotopic (exact) mass is 847 g/mol. The van der Waals surface area contributed by atoms with Crippen LogP contribution in [0, 0.1) is 29.1 Å². The van der Waals surface area contributed by atoms with E-state index in [1.807, 2.05) is 0 Å². The van der Waals surface area contributed by atoms with E-state index in [2.05, 4.69) is 199 Å². The number of hydrogen-bond acceptors (Lipinski definition) is 1. The molecule has 0 aromatic heterocycles. The van der Waals surface area contributed by atoms with Gasteiger partial charge in [0.25, 0.3) is 0 Å². The Morgan fingerprint density at radius 1 is 0.409 bits per heavy atom. The highest BCUT2D eigenvalue weighted by molar-refractivity contribution is 6.05. The van der Waals surface area contributed by atoms with Crippen LogP contribution in [0.5, 0.6) is 0 Å². The van der Waals surface area contributed by atoms with Crippen molar-refractivity contribution in [1.82, 2.24) is 0 Å². The summed E-state index contributed by atoms with van der Waals surface area (Å²) in [7, 11) is 0. The van der Waals surface area contributed by atoms with E-state index in [0.717, 1.165) is 29.4 Å². The molecule has 1 heteroatoms. The summed E-state index contributed by atoms with van der Waals surface area (Å²) in [5.74, 6) is 4.15. The number of para-hydroxylation sites is 2. The fourth-order valence-corrected chi connectivity index (χ4v) is 16.0. The predicted molar refractivity (Wildman–Crippen MR) is 275 cm³/mol. The lowest BCUT2D eigenvalue weighted by atomic mass is 9.11. The molecule has 6 aliphatic rings. The molecule has 9 aromatic rings. The van der Waals surface area contributed by atoms with Crippen molar-refractivity contribution in [2.45, 2.75) is 62.7 Å². The molecule has 4 atom stereocenters. The van der Waals surface area contributed by atoms with Gasteiger partial charge in [0, 0.05) is 22.2 Å². The summed E-state index contributed by atoms with van der Waals surface area (Å²) in [4.78, 5) is 2.58. The van der Waals surface area contributed by atoms with Gasteiger partial charge in [-0.3, -0.25) is 0 Å². The highest BCUT2D eigenvalue weighted by Crippen LogP contribution is 2.94. The van der Waals surface area contributed by atoms with Gasteiger partial charge in [-0.25, -0.2) is 0 Å². The average molecular weight is 848 g/mol. The summed E-state index contributed by atoms with van der Waals surface area (Å²) in [5.41, 5.74) is 19.8. The van der Waals surface area contributed by atoms with Crippen LogP contribution in [0.25, 0.3) is 66.1 Å². The summed E-state index contributed by atoms with van der Waals surface area (Å²) < 4.78 is 0. The van der Waals surface area contributed by atoms with Gasteiger partial charge >= 0.3 is 0 Å². The van der Waals surface area contributed by atoms with Gasteiger partial charge in [0.1, 0.15) is 0 Å². The molecule has 0 amide bonds. The van der Waals surface area contributed by atoms with Crippen molar-refractivity contribution in [2.75, 3.05) is 4.90 Å². The lowest BCUT2D eigenvalue weighted by molar-refractivity contribution is -0.412. The Kier molecular flexibility index (Phi) is 7.91. The molecule has 1 nitrogen and oxygen atoms in total. The molecule has 66 heavy (non-hydrogen) atoms. The predicted octanol–water partition coefficient (Wildman–Crippen LogP) is 17.5. The maximum absolute atomic E-state index is 2.66. The van der Waals surface area contributed by atoms with Gasteiger partial charge in [0.2, 0.25) is 0 Å². The molecule has 5 saturated carbocycles. The van der Waals surface area contributed by atoms with Gasteiger partial charge < -0.3 is 4.90 Å². The second-order valence-electron chi connectivity index (χ2n) is 20.9. The van der Waals surface area contributed by atoms with E-state index in [-0.39, 0.29) is 5.41 Å². The first-order valence-electron chi connectivity index (χ1n) is 25.1. The molecular formula is C65H53N. The number of rotatable bonds is 7. The minimum atomic E-state index is 0.165. The third-order valence-corrected chi connectivity index (χ3v) is 18.6. The Labute approximate surface area is 388 Å². The zero-order valence-corrected chi connectivity index (χ0v) is 37.5. The van der Waals surface area contributed by atoms with E-state index < -0.39 is 0 Å². The molecule has 4 unspecified atom stereocenters. The number of anilines is 3. The van der Waals surface area contributed by atoms with Crippen LogP contribution in [-0.2, 0) is 5.41 Å². The number of nitrogens with zero attached hydrogens (tertiary/aromatic N) is 1. The van der Waals surface area contributed by atoms with Crippen LogP contribution in [0.1, 0.15) is 74.0 Å². The van der Waals surface area contributed by atoms with E-state index in [1.165, 1.54) is 134 Å². The van der Waals surface area contributed by atoms with Crippen LogP contribution in [0.3, 0.4) is 0 Å². The minimum Gasteiger partial charge on any atom is -0.309 e. The first-order chi connectivity index (χ1) is 32.7. The van der Waals surface area contributed by atoms with Crippen LogP contribution < -0.4 is 4.90 Å². The largest absolute Gasteiger partial charge is 0.309 e. The van der Waals surface area contributed by atoms with Gasteiger partial charge in [0.05, 0.1) is 11.4 Å². The molecule has 0 heterocycles. The molecule has 5 fully saturated rings. The molecule has 6 aliphatic carbocycles. The third-order valence-electron chi connectivity index (χ3n) is 18.6. The van der Waals surface area contributed by atoms with E-state index in [0.29, 0.717) is 11.3 Å². The SMILES string of the molecule is c1ccc(N(c2ccc(-c3cccc4ccccc34)cc2)c2ccccc2-c2cccc3cccc(C4CCCCC4)c23)c(-c2ccc3c(c2)C2(c4ccccc4-3)C3CC4CC5CC2C453)c1. The Morgan fingerprint density at radius 3 is 1.79 bits per heavy atom. The van der Waals surface area contributed by atoms with E-state index in [1.54, 1.807) is 11.1 Å². The van der Waals surface area contributed by atoms with Gasteiger partial charge in [0.15, 0.2) is 0 Å². The lowest BCUT2D eigenvalue weighted by Gasteiger charge is -2.92. The van der Waals surface area contributed by atoms with Crippen molar-refractivity contribution in [3.8, 4) is 44.5 Å². The van der Waals surface area contributed by atoms with Crippen molar-refractivity contribution in [3.63, 3.8) is 0 Å². The van der Waals surface area contributed by atoms with E-state index in [9.17, 15) is 0 Å². The molecule has 15 rings (SSSR count). The van der Waals surface area contributed by atoms with Crippen molar-refractivity contribution in [2.24, 2.45) is 29.1 Å². The van der Waals surface area contributed by atoms with E-state index >= 15 is 0 Å². The summed E-state index contributed by atoms with van der Waals surface area (Å²) >= 11 is 0. The van der Waals surface area contributed by atoms with Crippen molar-refractivity contribution < 1.29 is 0 Å². The molecule has 2 spiro atoms. The van der Waals surface area contributed by atoms with Gasteiger partial charge in [-0.2, -0.15) is 0 Å². The van der Waals surface area contributed by atoms with E-state index in [4.69, 9.17) is 0 Å². The first kappa shape index (κ1) is 37.5. The normalized spacial score (nSPS) is 25.2. The Bertz CT molecular complexity index is 3410. The smallest absolute Gasteiger partial charge is 0.0540 e. The lowest BCUT2D eigenvalue weighted by Crippen LogP contribution is -2.88. The van der Waals surface area contributed by atoms with Crippen molar-refractivity contribution in [1.29, 1.82) is 0 Å². The van der Waals surface area contributed by atoms with Crippen molar-refractivity contribution >= 4 is 38.6 Å². The molecule has 0 saturated heterocycles. The topological polar surface area (TPSA) is 3.24 Å². The maximum atomic E-state index is 2.66. The quantitative estimate of drug-likeness (QED) is 0.154. The Morgan fingerprint density at radius 2 is 1.00 bits per heavy atom. The molecule has 9 aromatic carbocycles. The van der Waals surface area contributed by atoms with Crippen molar-refractivity contribution in [3.05, 3.63) is 211 Å². The minimum absolute atomic E-state index is 0.165. The zero-order valence-electron chi connectivity index (χ0n) is 37.5. The molecular weight excluding hydrogens is 795 g/mol. The number of hydrogen-bond donors (Lipinski definition) is 0. The standard InChI is InChI=1S/C65H53N/c1-2-15-42(16-3-1)52-26-13-19-44-20-14-27-56(63(44)52)55-24-8-11-30-60(55)66(48-34-31-43(32-35-48)50-25-12-18-41-17-4-5-21-49(41)50)59-29-10-7-22-51(59)45-33-36-54-53-23-6-9-28-57(53)65(58(54)37-45)61-39-46-38-47-40-62(65)64(46,47)61/h4-14,17-37,42,46-47,61-62H,1-3,15-16,38-40H2. The highest BCUT2D eigenvalue weighted by Gasteiger charge is 2.90. The molecule has 0 N–H and O–H groups in total. The van der Waals surface area contributed by atoms with Crippen LogP contribution in [0.2, 0.25) is 0 Å². The van der Waals surface area contributed by atoms with Gasteiger partial charge in [-0.05, 0) is 169 Å². The molecule has 0 radical (unpaired) electrons. The highest BCUT2D eigenvalue weighted by atomic mass is 15.1. The maximum Gasteiger partial charge on any atom is 0.0540 e.